The maximum atomic E-state index is 5.57. The van der Waals surface area contributed by atoms with E-state index in [0.717, 1.165) is 9.25 Å². The van der Waals surface area contributed by atoms with E-state index in [9.17, 15) is 0 Å². The van der Waals surface area contributed by atoms with Gasteiger partial charge in [-0.15, -0.1) is 0 Å². The monoisotopic (exact) mass is 268 g/mol. The molecule has 17 heavy (non-hydrogen) atoms. The molecule has 0 saturated carbocycles. The van der Waals surface area contributed by atoms with Crippen molar-refractivity contribution in [3.8, 4) is 0 Å². The van der Waals surface area contributed by atoms with Gasteiger partial charge in [0.2, 0.25) is 0 Å². The van der Waals surface area contributed by atoms with Crippen LogP contribution in [0, 0.1) is 0 Å². The van der Waals surface area contributed by atoms with Crippen LogP contribution in [-0.4, -0.2) is 21.3 Å². The molecule has 2 aromatic carbocycles. The molecule has 0 aliphatic carbocycles. The first-order valence-corrected chi connectivity index (χ1v) is 8.10. The van der Waals surface area contributed by atoms with E-state index in [0.29, 0.717) is 0 Å². The zero-order valence-electron chi connectivity index (χ0n) is 10.3. The fourth-order valence-corrected chi connectivity index (χ4v) is 5.22. The molecule has 2 rings (SSSR count). The van der Waals surface area contributed by atoms with Crippen molar-refractivity contribution in [2.45, 2.75) is 0 Å². The predicted octanol–water partition coefficient (Wildman–Crippen LogP) is 2.30. The first-order chi connectivity index (χ1) is 8.27. The van der Waals surface area contributed by atoms with Gasteiger partial charge in [0.05, 0.1) is 0 Å². The van der Waals surface area contributed by atoms with Gasteiger partial charge in [-0.25, -0.2) is 0 Å². The average Bonchev–Trinajstić information content (AvgIpc) is 2.41. The summed E-state index contributed by atoms with van der Waals surface area (Å²) >= 11 is -3.32. The van der Waals surface area contributed by atoms with Gasteiger partial charge in [0.1, 0.15) is 0 Å². The van der Waals surface area contributed by atoms with Crippen molar-refractivity contribution >= 4 is 14.6 Å². The van der Waals surface area contributed by atoms with Gasteiger partial charge in [-0.05, 0) is 0 Å². The molecule has 2 aromatic rings. The van der Waals surface area contributed by atoms with Crippen LogP contribution < -0.4 is 3.87 Å². The van der Waals surface area contributed by atoms with Crippen LogP contribution in [0.4, 0.5) is 0 Å². The van der Waals surface area contributed by atoms with E-state index in [2.05, 4.69) is 18.2 Å². The summed E-state index contributed by atoms with van der Waals surface area (Å²) < 4.78 is 17.8. The third-order valence-corrected chi connectivity index (χ3v) is 7.15. The second-order valence-corrected chi connectivity index (χ2v) is 8.19. The van der Waals surface area contributed by atoms with Gasteiger partial charge in [-0.2, -0.15) is 0 Å². The van der Waals surface area contributed by atoms with Crippen LogP contribution in [0.15, 0.2) is 42.5 Å². The van der Waals surface area contributed by atoms with Gasteiger partial charge in [-0.1, -0.05) is 0 Å². The summed E-state index contributed by atoms with van der Waals surface area (Å²) in [6.45, 7) is 0. The molecule has 0 atom stereocenters. The van der Waals surface area contributed by atoms with Crippen LogP contribution in [0.1, 0.15) is 0 Å². The normalized spacial score (nSPS) is 11.9. The summed E-state index contributed by atoms with van der Waals surface area (Å²) in [6.07, 6.45) is 0. The number of hydrogen-bond donors (Lipinski definition) is 0. The Kier molecular flexibility index (Phi) is 3.97. The number of hydrogen-bond acceptors (Lipinski definition) is 3. The number of benzene rings is 2. The van der Waals surface area contributed by atoms with Crippen LogP contribution >= 0.6 is 0 Å². The van der Waals surface area contributed by atoms with E-state index in [4.69, 9.17) is 9.96 Å². The molecular formula is C13H16O3Ti. The Labute approximate surface area is 106 Å². The van der Waals surface area contributed by atoms with Gasteiger partial charge >= 0.3 is 106 Å². The Morgan fingerprint density at radius 2 is 1.35 bits per heavy atom. The van der Waals surface area contributed by atoms with Crippen LogP contribution in [0.3, 0.4) is 0 Å². The molecule has 0 saturated heterocycles. The second kappa shape index (κ2) is 5.29. The van der Waals surface area contributed by atoms with E-state index >= 15 is 0 Å². The van der Waals surface area contributed by atoms with Crippen LogP contribution in [-0.2, 0) is 27.7 Å². The van der Waals surface area contributed by atoms with E-state index in [-0.39, 0.29) is 0 Å². The second-order valence-electron chi connectivity index (χ2n) is 3.70. The summed E-state index contributed by atoms with van der Waals surface area (Å²) in [7, 11) is 4.94. The standard InChI is InChI=1S/C10H7.3CH3O.Ti/c1-2-6-10-8-4-3-7-9(10)5-1;3*1-2;/h1-7H;3*1H3;/q;3*-1;+3. The van der Waals surface area contributed by atoms with Gasteiger partial charge in [-0.3, -0.25) is 0 Å². The van der Waals surface area contributed by atoms with Gasteiger partial charge < -0.3 is 0 Å². The van der Waals surface area contributed by atoms with Crippen molar-refractivity contribution in [1.82, 2.24) is 0 Å². The third-order valence-electron chi connectivity index (χ3n) is 2.93. The SMILES string of the molecule is C[O][Ti]([O]C)([O]C)[c]1cccc2ccccc12. The van der Waals surface area contributed by atoms with E-state index in [1.54, 1.807) is 21.3 Å². The average molecular weight is 268 g/mol. The summed E-state index contributed by atoms with van der Waals surface area (Å²) in [5.41, 5.74) is 0. The topological polar surface area (TPSA) is 27.7 Å². The first-order valence-electron chi connectivity index (χ1n) is 5.41. The Morgan fingerprint density at radius 3 is 2.00 bits per heavy atom. The first kappa shape index (κ1) is 12.7. The molecule has 3 nitrogen and oxygen atoms in total. The molecule has 0 bridgehead atoms. The molecular weight excluding hydrogens is 252 g/mol. The zero-order valence-corrected chi connectivity index (χ0v) is 11.8. The quantitative estimate of drug-likeness (QED) is 0.796. The van der Waals surface area contributed by atoms with Crippen LogP contribution in [0.5, 0.6) is 0 Å². The van der Waals surface area contributed by atoms with Crippen molar-refractivity contribution in [2.24, 2.45) is 0 Å². The summed E-state index contributed by atoms with van der Waals surface area (Å²) in [5, 5.41) is 2.31. The predicted molar refractivity (Wildman–Crippen MR) is 64.6 cm³/mol. The Balaban J connectivity index is 2.69. The number of fused-ring (bicyclic) bond motifs is 1. The molecule has 90 valence electrons. The van der Waals surface area contributed by atoms with Crippen molar-refractivity contribution < 1.29 is 27.7 Å². The van der Waals surface area contributed by atoms with Crippen molar-refractivity contribution in [3.63, 3.8) is 0 Å². The zero-order chi connectivity index (χ0) is 12.3. The molecule has 0 unspecified atom stereocenters. The summed E-state index contributed by atoms with van der Waals surface area (Å²) in [5.74, 6) is 0. The summed E-state index contributed by atoms with van der Waals surface area (Å²) in [6, 6.07) is 14.3. The fraction of sp³-hybridized carbons (Fsp3) is 0.231. The molecule has 0 spiro atoms. The molecule has 0 radical (unpaired) electrons. The van der Waals surface area contributed by atoms with E-state index in [1.165, 1.54) is 5.39 Å². The van der Waals surface area contributed by atoms with Crippen molar-refractivity contribution in [2.75, 3.05) is 21.3 Å². The summed E-state index contributed by atoms with van der Waals surface area (Å²) in [4.78, 5) is 0. The van der Waals surface area contributed by atoms with Crippen LogP contribution in [0.25, 0.3) is 10.8 Å². The van der Waals surface area contributed by atoms with Crippen LogP contribution in [0.2, 0.25) is 0 Å². The maximum absolute atomic E-state index is 5.57. The molecule has 0 aliphatic rings. The van der Waals surface area contributed by atoms with Crippen molar-refractivity contribution in [3.05, 3.63) is 42.5 Å². The Hall–Kier alpha value is -0.706. The molecule has 4 heteroatoms. The minimum atomic E-state index is -3.32. The van der Waals surface area contributed by atoms with Gasteiger partial charge in [0.15, 0.2) is 0 Å². The van der Waals surface area contributed by atoms with E-state index in [1.807, 2.05) is 24.3 Å². The number of rotatable bonds is 4. The van der Waals surface area contributed by atoms with Crippen molar-refractivity contribution in [1.29, 1.82) is 0 Å². The molecule has 0 amide bonds. The Bertz CT molecular complexity index is 495. The minimum absolute atomic E-state index is 1.05. The Morgan fingerprint density at radius 1 is 0.765 bits per heavy atom. The molecule has 0 N–H and O–H groups in total. The van der Waals surface area contributed by atoms with Gasteiger partial charge in [0.25, 0.3) is 0 Å². The fourth-order valence-electron chi connectivity index (χ4n) is 2.07. The molecule has 0 heterocycles. The third kappa shape index (κ3) is 2.17. The van der Waals surface area contributed by atoms with Gasteiger partial charge in [0, 0.05) is 0 Å². The molecule has 0 fully saturated rings. The molecule has 0 aliphatic heterocycles. The van der Waals surface area contributed by atoms with E-state index < -0.39 is 17.8 Å². The molecule has 0 aromatic heterocycles.